The van der Waals surface area contributed by atoms with Crippen LogP contribution in [0.2, 0.25) is 0 Å². The highest BCUT2D eigenvalue weighted by Crippen LogP contribution is 2.23. The van der Waals surface area contributed by atoms with Gasteiger partial charge in [0, 0.05) is 25.6 Å². The fourth-order valence-electron chi connectivity index (χ4n) is 2.60. The van der Waals surface area contributed by atoms with Crippen LogP contribution in [0.25, 0.3) is 0 Å². The molecular weight excluding hydrogens is 208 g/mol. The first-order valence-electron chi connectivity index (χ1n) is 5.82. The van der Waals surface area contributed by atoms with Gasteiger partial charge in [-0.2, -0.15) is 0 Å². The number of alkyl carbamates (subject to hydrolysis) is 1. The van der Waals surface area contributed by atoms with Gasteiger partial charge in [0.25, 0.3) is 0 Å². The van der Waals surface area contributed by atoms with E-state index in [1.807, 2.05) is 0 Å². The van der Waals surface area contributed by atoms with Gasteiger partial charge >= 0.3 is 6.09 Å². The summed E-state index contributed by atoms with van der Waals surface area (Å²) in [4.78, 5) is 24.8. The molecule has 2 unspecified atom stereocenters. The third kappa shape index (κ3) is 2.35. The van der Waals surface area contributed by atoms with E-state index in [1.54, 1.807) is 0 Å². The van der Waals surface area contributed by atoms with Crippen molar-refractivity contribution in [3.8, 4) is 0 Å². The van der Waals surface area contributed by atoms with Gasteiger partial charge in [0.1, 0.15) is 5.78 Å². The molecule has 0 bridgehead atoms. The molecule has 1 saturated heterocycles. The quantitative estimate of drug-likeness (QED) is 0.746. The highest BCUT2D eigenvalue weighted by molar-refractivity contribution is 5.85. The molecule has 0 radical (unpaired) electrons. The molecule has 2 fully saturated rings. The van der Waals surface area contributed by atoms with Gasteiger partial charge in [0.2, 0.25) is 0 Å². The molecule has 0 aromatic rings. The van der Waals surface area contributed by atoms with Crippen molar-refractivity contribution < 1.29 is 14.3 Å². The molecule has 0 aromatic carbocycles. The lowest BCUT2D eigenvalue weighted by Gasteiger charge is -2.22. The lowest BCUT2D eigenvalue weighted by Crippen LogP contribution is -2.41. The topological polar surface area (TPSA) is 58.6 Å². The fraction of sp³-hybridized carbons (Fsp3) is 0.818. The van der Waals surface area contributed by atoms with E-state index in [9.17, 15) is 9.59 Å². The van der Waals surface area contributed by atoms with Crippen LogP contribution in [-0.4, -0.2) is 49.1 Å². The smallest absolute Gasteiger partial charge is 0.407 e. The highest BCUT2D eigenvalue weighted by Gasteiger charge is 2.35. The minimum absolute atomic E-state index is 0.101. The normalized spacial score (nSPS) is 30.7. The monoisotopic (exact) mass is 226 g/mol. The van der Waals surface area contributed by atoms with E-state index < -0.39 is 0 Å². The molecule has 16 heavy (non-hydrogen) atoms. The van der Waals surface area contributed by atoms with Gasteiger partial charge in [-0.1, -0.05) is 0 Å². The first-order chi connectivity index (χ1) is 7.70. The van der Waals surface area contributed by atoms with E-state index in [4.69, 9.17) is 0 Å². The Kier molecular flexibility index (Phi) is 3.43. The van der Waals surface area contributed by atoms with Crippen molar-refractivity contribution in [2.45, 2.75) is 37.8 Å². The number of hydrogen-bond donors (Lipinski definition) is 1. The second-order valence-corrected chi connectivity index (χ2v) is 4.49. The largest absolute Gasteiger partial charge is 0.453 e. The molecule has 1 aliphatic heterocycles. The predicted octanol–water partition coefficient (Wildman–Crippen LogP) is 0.538. The summed E-state index contributed by atoms with van der Waals surface area (Å²) in [7, 11) is 1.36. The number of carbonyl (C=O) groups excluding carboxylic acids is 2. The number of nitrogens with zero attached hydrogens (tertiary/aromatic N) is 1. The van der Waals surface area contributed by atoms with Gasteiger partial charge in [-0.3, -0.25) is 9.69 Å². The zero-order chi connectivity index (χ0) is 11.5. The Morgan fingerprint density at radius 2 is 2.31 bits per heavy atom. The third-order valence-electron chi connectivity index (χ3n) is 3.44. The van der Waals surface area contributed by atoms with Crippen LogP contribution >= 0.6 is 0 Å². The van der Waals surface area contributed by atoms with Crippen LogP contribution in [0.1, 0.15) is 25.7 Å². The Bertz CT molecular complexity index is 293. The van der Waals surface area contributed by atoms with Gasteiger partial charge < -0.3 is 10.1 Å². The molecule has 5 nitrogen and oxygen atoms in total. The van der Waals surface area contributed by atoms with Crippen LogP contribution in [0.4, 0.5) is 4.79 Å². The first-order valence-corrected chi connectivity index (χ1v) is 5.82. The van der Waals surface area contributed by atoms with E-state index >= 15 is 0 Å². The zero-order valence-electron chi connectivity index (χ0n) is 9.57. The molecule has 1 amide bonds. The number of ketones is 1. The maximum Gasteiger partial charge on any atom is 0.407 e. The molecule has 0 spiro atoms. The number of carbonyl (C=O) groups is 2. The molecule has 1 saturated carbocycles. The third-order valence-corrected chi connectivity index (χ3v) is 3.44. The highest BCUT2D eigenvalue weighted by atomic mass is 16.5. The summed E-state index contributed by atoms with van der Waals surface area (Å²) < 4.78 is 4.56. The minimum Gasteiger partial charge on any atom is -0.453 e. The molecule has 1 aliphatic carbocycles. The van der Waals surface area contributed by atoms with Gasteiger partial charge in [-0.15, -0.1) is 0 Å². The van der Waals surface area contributed by atoms with Gasteiger partial charge in [0.15, 0.2) is 0 Å². The Balaban J connectivity index is 1.83. The van der Waals surface area contributed by atoms with Crippen molar-refractivity contribution in [3.63, 3.8) is 0 Å². The van der Waals surface area contributed by atoms with Crippen molar-refractivity contribution in [1.82, 2.24) is 10.2 Å². The maximum absolute atomic E-state index is 11.6. The molecule has 2 aliphatic rings. The predicted molar refractivity (Wildman–Crippen MR) is 58.2 cm³/mol. The number of ether oxygens (including phenoxy) is 1. The Hall–Kier alpha value is -1.10. The molecular formula is C11H18N2O3. The summed E-state index contributed by atoms with van der Waals surface area (Å²) in [6.45, 7) is 1.66. The second-order valence-electron chi connectivity index (χ2n) is 4.49. The fourth-order valence-corrected chi connectivity index (χ4v) is 2.60. The summed E-state index contributed by atoms with van der Waals surface area (Å²) in [5, 5.41) is 2.78. The zero-order valence-corrected chi connectivity index (χ0v) is 9.57. The Morgan fingerprint density at radius 1 is 1.50 bits per heavy atom. The van der Waals surface area contributed by atoms with Gasteiger partial charge in [-0.25, -0.2) is 4.79 Å². The van der Waals surface area contributed by atoms with E-state index in [0.29, 0.717) is 5.78 Å². The molecule has 2 rings (SSSR count). The molecule has 1 N–H and O–H groups in total. The maximum atomic E-state index is 11.6. The van der Waals surface area contributed by atoms with Gasteiger partial charge in [0.05, 0.1) is 13.2 Å². The number of likely N-dealkylation sites (tertiary alicyclic amines) is 1. The van der Waals surface area contributed by atoms with E-state index in [-0.39, 0.29) is 18.2 Å². The van der Waals surface area contributed by atoms with Crippen LogP contribution in [0.15, 0.2) is 0 Å². The van der Waals surface area contributed by atoms with Crippen molar-refractivity contribution in [3.05, 3.63) is 0 Å². The Labute approximate surface area is 95.1 Å². The lowest BCUT2D eigenvalue weighted by molar-refractivity contribution is -0.121. The molecule has 90 valence electrons. The molecule has 2 atom stereocenters. The van der Waals surface area contributed by atoms with Crippen molar-refractivity contribution >= 4 is 11.9 Å². The number of hydrogen-bond acceptors (Lipinski definition) is 4. The van der Waals surface area contributed by atoms with E-state index in [1.165, 1.54) is 7.11 Å². The summed E-state index contributed by atoms with van der Waals surface area (Å²) >= 11 is 0. The molecule has 1 heterocycles. The van der Waals surface area contributed by atoms with Crippen LogP contribution in [0.3, 0.4) is 0 Å². The summed E-state index contributed by atoms with van der Waals surface area (Å²) in [5.41, 5.74) is 0. The average Bonchev–Trinajstić information content (AvgIpc) is 2.86. The van der Waals surface area contributed by atoms with E-state index in [2.05, 4.69) is 15.0 Å². The summed E-state index contributed by atoms with van der Waals surface area (Å²) in [5.74, 6) is 0.360. The summed E-state index contributed by atoms with van der Waals surface area (Å²) in [6, 6.07) is 0.227. The lowest BCUT2D eigenvalue weighted by atomic mass is 10.2. The first kappa shape index (κ1) is 11.4. The standard InChI is InChI=1S/C11H18N2O3/c1-16-11(15)12-8-5-6-13(7-8)9-3-2-4-10(9)14/h8-9H,2-7H2,1H3,(H,12,15). The summed E-state index contributed by atoms with van der Waals surface area (Å²) in [6.07, 6.45) is 3.22. The van der Waals surface area contributed by atoms with Crippen molar-refractivity contribution in [2.75, 3.05) is 20.2 Å². The average molecular weight is 226 g/mol. The van der Waals surface area contributed by atoms with Crippen LogP contribution < -0.4 is 5.32 Å². The van der Waals surface area contributed by atoms with Crippen LogP contribution in [0.5, 0.6) is 0 Å². The molecule has 0 aromatic heterocycles. The van der Waals surface area contributed by atoms with Crippen LogP contribution in [-0.2, 0) is 9.53 Å². The van der Waals surface area contributed by atoms with Crippen molar-refractivity contribution in [1.29, 1.82) is 0 Å². The van der Waals surface area contributed by atoms with Crippen LogP contribution in [0, 0.1) is 0 Å². The second kappa shape index (κ2) is 4.82. The number of amides is 1. The van der Waals surface area contributed by atoms with E-state index in [0.717, 1.165) is 38.8 Å². The molecule has 5 heteroatoms. The number of nitrogens with one attached hydrogen (secondary N) is 1. The SMILES string of the molecule is COC(=O)NC1CCN(C2CCCC2=O)C1. The van der Waals surface area contributed by atoms with Gasteiger partial charge in [-0.05, 0) is 19.3 Å². The van der Waals surface area contributed by atoms with Crippen molar-refractivity contribution in [2.24, 2.45) is 0 Å². The number of methoxy groups -OCH3 is 1. The minimum atomic E-state index is -0.385. The number of rotatable bonds is 2. The number of Topliss-reactive ketones (excluding diaryl/α,β-unsaturated/α-hetero) is 1. The Morgan fingerprint density at radius 3 is 2.94 bits per heavy atom.